The van der Waals surface area contributed by atoms with Gasteiger partial charge in [0, 0.05) is 18.0 Å². The predicted octanol–water partition coefficient (Wildman–Crippen LogP) is 1.55. The van der Waals surface area contributed by atoms with E-state index >= 15 is 0 Å². The van der Waals surface area contributed by atoms with Gasteiger partial charge in [-0.2, -0.15) is 0 Å². The smallest absolute Gasteiger partial charge is 0.250 e. The van der Waals surface area contributed by atoms with Crippen LogP contribution in [0.3, 0.4) is 0 Å². The fourth-order valence-electron chi connectivity index (χ4n) is 2.01. The molecule has 0 saturated carbocycles. The van der Waals surface area contributed by atoms with Crippen molar-refractivity contribution >= 4 is 17.2 Å². The first kappa shape index (κ1) is 13.5. The summed E-state index contributed by atoms with van der Waals surface area (Å²) in [6.45, 7) is 6.25. The van der Waals surface area contributed by atoms with E-state index in [1.807, 2.05) is 11.4 Å². The number of thiophene rings is 1. The lowest BCUT2D eigenvalue weighted by Gasteiger charge is -2.27. The van der Waals surface area contributed by atoms with Crippen LogP contribution in [0.25, 0.3) is 0 Å². The molecule has 0 aromatic carbocycles. The molecule has 100 valence electrons. The van der Waals surface area contributed by atoms with E-state index in [1.54, 1.807) is 11.3 Å². The minimum absolute atomic E-state index is 0.0192. The summed E-state index contributed by atoms with van der Waals surface area (Å²) in [5.41, 5.74) is 0. The highest BCUT2D eigenvalue weighted by molar-refractivity contribution is 7.10. The molecule has 2 heterocycles. The highest BCUT2D eigenvalue weighted by Crippen LogP contribution is 2.25. The van der Waals surface area contributed by atoms with Gasteiger partial charge in [0.25, 0.3) is 5.91 Å². The van der Waals surface area contributed by atoms with Crippen LogP contribution in [0.2, 0.25) is 0 Å². The lowest BCUT2D eigenvalue weighted by atomic mass is 10.0. The van der Waals surface area contributed by atoms with E-state index in [0.29, 0.717) is 19.1 Å². The first-order valence-corrected chi connectivity index (χ1v) is 7.22. The zero-order valence-electron chi connectivity index (χ0n) is 10.8. The molecule has 1 amide bonds. The standard InChI is InChI=1S/C13H20N2O2S/c1-9(2)12(11-4-3-7-18-11)15-13(16)10-8-14-5-6-17-10/h3-4,7,9-10,12,14H,5-6,8H2,1-2H3,(H,15,16). The normalized spacial score (nSPS) is 21.8. The number of hydrogen-bond donors (Lipinski definition) is 2. The maximum atomic E-state index is 12.1. The summed E-state index contributed by atoms with van der Waals surface area (Å²) in [6.07, 6.45) is -0.361. The highest BCUT2D eigenvalue weighted by Gasteiger charge is 2.26. The Morgan fingerprint density at radius 2 is 2.44 bits per heavy atom. The second kappa shape index (κ2) is 6.31. The Hall–Kier alpha value is -0.910. The molecule has 0 spiro atoms. The maximum absolute atomic E-state index is 12.1. The molecule has 1 fully saturated rings. The second-order valence-electron chi connectivity index (χ2n) is 4.81. The molecule has 2 unspecified atom stereocenters. The van der Waals surface area contributed by atoms with E-state index in [0.717, 1.165) is 6.54 Å². The van der Waals surface area contributed by atoms with Gasteiger partial charge in [-0.15, -0.1) is 11.3 Å². The summed E-state index contributed by atoms with van der Waals surface area (Å²) in [5.74, 6) is 0.346. The van der Waals surface area contributed by atoms with Crippen LogP contribution in [0.15, 0.2) is 17.5 Å². The van der Waals surface area contributed by atoms with Crippen LogP contribution >= 0.6 is 11.3 Å². The third-order valence-corrected chi connectivity index (χ3v) is 3.99. The van der Waals surface area contributed by atoms with Crippen LogP contribution in [-0.4, -0.2) is 31.7 Å². The number of carbonyl (C=O) groups is 1. The molecule has 18 heavy (non-hydrogen) atoms. The van der Waals surface area contributed by atoms with E-state index in [2.05, 4.69) is 30.5 Å². The largest absolute Gasteiger partial charge is 0.366 e. The van der Waals surface area contributed by atoms with Crippen molar-refractivity contribution in [2.24, 2.45) is 5.92 Å². The van der Waals surface area contributed by atoms with Crippen molar-refractivity contribution in [3.05, 3.63) is 22.4 Å². The molecule has 0 radical (unpaired) electrons. The van der Waals surface area contributed by atoms with Crippen LogP contribution < -0.4 is 10.6 Å². The van der Waals surface area contributed by atoms with Crippen molar-refractivity contribution in [3.8, 4) is 0 Å². The molecule has 2 atom stereocenters. The number of hydrogen-bond acceptors (Lipinski definition) is 4. The number of rotatable bonds is 4. The first-order valence-electron chi connectivity index (χ1n) is 6.34. The van der Waals surface area contributed by atoms with E-state index in [-0.39, 0.29) is 18.1 Å². The molecule has 1 aromatic heterocycles. The molecule has 4 nitrogen and oxygen atoms in total. The molecule has 0 aliphatic carbocycles. The average molecular weight is 268 g/mol. The second-order valence-corrected chi connectivity index (χ2v) is 5.79. The zero-order chi connectivity index (χ0) is 13.0. The Morgan fingerprint density at radius 3 is 3.00 bits per heavy atom. The van der Waals surface area contributed by atoms with Crippen molar-refractivity contribution < 1.29 is 9.53 Å². The monoisotopic (exact) mass is 268 g/mol. The van der Waals surface area contributed by atoms with Gasteiger partial charge >= 0.3 is 0 Å². The predicted molar refractivity (Wildman–Crippen MR) is 72.7 cm³/mol. The van der Waals surface area contributed by atoms with Crippen LogP contribution in [0.4, 0.5) is 0 Å². The third-order valence-electron chi connectivity index (χ3n) is 3.03. The summed E-state index contributed by atoms with van der Waals surface area (Å²) in [6, 6.07) is 4.15. The summed E-state index contributed by atoms with van der Waals surface area (Å²) < 4.78 is 5.47. The van der Waals surface area contributed by atoms with E-state index in [9.17, 15) is 4.79 Å². The minimum Gasteiger partial charge on any atom is -0.366 e. The Kier molecular flexibility index (Phi) is 4.74. The Morgan fingerprint density at radius 1 is 1.61 bits per heavy atom. The Balaban J connectivity index is 1.98. The van der Waals surface area contributed by atoms with Crippen molar-refractivity contribution in [1.82, 2.24) is 10.6 Å². The van der Waals surface area contributed by atoms with E-state index in [4.69, 9.17) is 4.74 Å². The van der Waals surface area contributed by atoms with E-state index < -0.39 is 0 Å². The van der Waals surface area contributed by atoms with Gasteiger partial charge in [-0.3, -0.25) is 4.79 Å². The third kappa shape index (κ3) is 3.31. The summed E-state index contributed by atoms with van der Waals surface area (Å²) in [7, 11) is 0. The molecule has 1 aromatic rings. The van der Waals surface area contributed by atoms with Crippen molar-refractivity contribution in [2.75, 3.05) is 19.7 Å². The minimum atomic E-state index is -0.361. The number of carbonyl (C=O) groups excluding carboxylic acids is 1. The van der Waals surface area contributed by atoms with Crippen molar-refractivity contribution in [2.45, 2.75) is 26.0 Å². The molecule has 1 aliphatic heterocycles. The van der Waals surface area contributed by atoms with Crippen molar-refractivity contribution in [1.29, 1.82) is 0 Å². The summed E-state index contributed by atoms with van der Waals surface area (Å²) in [4.78, 5) is 13.3. The maximum Gasteiger partial charge on any atom is 0.250 e. The molecule has 5 heteroatoms. The van der Waals surface area contributed by atoms with Crippen LogP contribution in [-0.2, 0) is 9.53 Å². The summed E-state index contributed by atoms with van der Waals surface area (Å²) in [5, 5.41) is 8.30. The molecule has 1 aliphatic rings. The SMILES string of the molecule is CC(C)C(NC(=O)C1CNCCO1)c1cccs1. The van der Waals surface area contributed by atoms with Gasteiger partial charge in [0.05, 0.1) is 12.6 Å². The summed E-state index contributed by atoms with van der Waals surface area (Å²) >= 11 is 1.68. The van der Waals surface area contributed by atoms with Crippen LogP contribution in [0, 0.1) is 5.92 Å². The highest BCUT2D eigenvalue weighted by atomic mass is 32.1. The first-order chi connectivity index (χ1) is 8.68. The average Bonchev–Trinajstić information content (AvgIpc) is 2.90. The molecular formula is C13H20N2O2S. The number of nitrogens with one attached hydrogen (secondary N) is 2. The number of ether oxygens (including phenoxy) is 1. The number of morpholine rings is 1. The fourth-order valence-corrected chi connectivity index (χ4v) is 2.96. The zero-order valence-corrected chi connectivity index (χ0v) is 11.6. The van der Waals surface area contributed by atoms with Gasteiger partial charge in [-0.25, -0.2) is 0 Å². The van der Waals surface area contributed by atoms with Gasteiger partial charge in [-0.05, 0) is 17.4 Å². The van der Waals surface area contributed by atoms with Crippen LogP contribution in [0.5, 0.6) is 0 Å². The lowest BCUT2D eigenvalue weighted by molar-refractivity contribution is -0.135. The van der Waals surface area contributed by atoms with Crippen LogP contribution in [0.1, 0.15) is 24.8 Å². The van der Waals surface area contributed by atoms with Gasteiger partial charge < -0.3 is 15.4 Å². The molecule has 2 N–H and O–H groups in total. The van der Waals surface area contributed by atoms with Gasteiger partial charge in [0.15, 0.2) is 0 Å². The lowest BCUT2D eigenvalue weighted by Crippen LogP contribution is -2.49. The van der Waals surface area contributed by atoms with Gasteiger partial charge in [-0.1, -0.05) is 19.9 Å². The van der Waals surface area contributed by atoms with E-state index in [1.165, 1.54) is 4.88 Å². The molecular weight excluding hydrogens is 248 g/mol. The topological polar surface area (TPSA) is 50.4 Å². The Labute approximate surface area is 112 Å². The fraction of sp³-hybridized carbons (Fsp3) is 0.615. The molecule has 2 rings (SSSR count). The quantitative estimate of drug-likeness (QED) is 0.871. The van der Waals surface area contributed by atoms with Crippen molar-refractivity contribution in [3.63, 3.8) is 0 Å². The number of amides is 1. The Bertz CT molecular complexity index is 372. The molecule has 1 saturated heterocycles. The van der Waals surface area contributed by atoms with Gasteiger partial charge in [0.1, 0.15) is 6.10 Å². The van der Waals surface area contributed by atoms with Gasteiger partial charge in [0.2, 0.25) is 0 Å². The molecule has 0 bridgehead atoms.